The molecular weight excluding hydrogens is 240 g/mol. The van der Waals surface area contributed by atoms with Crippen molar-refractivity contribution in [3.05, 3.63) is 41.5 Å². The molecule has 3 aromatic rings. The van der Waals surface area contributed by atoms with Crippen LogP contribution >= 0.6 is 11.8 Å². The molecule has 0 saturated carbocycles. The molecule has 0 saturated heterocycles. The zero-order valence-electron chi connectivity index (χ0n) is 10.3. The summed E-state index contributed by atoms with van der Waals surface area (Å²) in [5, 5.41) is 1.38. The largest absolute Gasteiger partial charge is 0.287 e. The topological polar surface area (TPSA) is 17.3 Å². The first-order valence-electron chi connectivity index (χ1n) is 6.34. The van der Waals surface area contributed by atoms with E-state index in [4.69, 9.17) is 4.98 Å². The highest BCUT2D eigenvalue weighted by Gasteiger charge is 2.19. The number of para-hydroxylation sites is 2. The number of imidazole rings is 1. The number of nitrogens with zero attached hydrogens (tertiary/aromatic N) is 2. The molecule has 2 heterocycles. The summed E-state index contributed by atoms with van der Waals surface area (Å²) < 4.78 is 2.32. The maximum absolute atomic E-state index is 4.75. The minimum Gasteiger partial charge on any atom is -0.287 e. The molecule has 0 N–H and O–H groups in total. The van der Waals surface area contributed by atoms with Crippen molar-refractivity contribution in [2.24, 2.45) is 0 Å². The van der Waals surface area contributed by atoms with E-state index in [1.807, 2.05) is 11.8 Å². The second-order valence-corrected chi connectivity index (χ2v) is 5.60. The summed E-state index contributed by atoms with van der Waals surface area (Å²) >= 11 is 1.85. The van der Waals surface area contributed by atoms with Gasteiger partial charge >= 0.3 is 0 Å². The summed E-state index contributed by atoms with van der Waals surface area (Å²) in [6, 6.07) is 10.7. The average molecular weight is 254 g/mol. The van der Waals surface area contributed by atoms with Crippen LogP contribution in [0.15, 0.2) is 35.4 Å². The van der Waals surface area contributed by atoms with Gasteiger partial charge in [-0.2, -0.15) is 0 Å². The van der Waals surface area contributed by atoms with E-state index < -0.39 is 0 Å². The molecule has 4 rings (SSSR count). The van der Waals surface area contributed by atoms with E-state index in [-0.39, 0.29) is 0 Å². The van der Waals surface area contributed by atoms with Gasteiger partial charge in [-0.15, -0.1) is 11.8 Å². The Labute approximate surface area is 110 Å². The van der Waals surface area contributed by atoms with E-state index in [0.717, 1.165) is 11.2 Å². The molecule has 2 nitrogen and oxygen atoms in total. The first-order chi connectivity index (χ1) is 8.88. The molecule has 1 aliphatic carbocycles. The van der Waals surface area contributed by atoms with Crippen molar-refractivity contribution in [3.63, 3.8) is 0 Å². The van der Waals surface area contributed by atoms with E-state index in [1.165, 1.54) is 40.9 Å². The zero-order chi connectivity index (χ0) is 12.1. The lowest BCUT2D eigenvalue weighted by Crippen LogP contribution is -1.97. The standard InChI is InChI=1S/C15H14N2S/c1-18-15-11-6-4-5-10(11)9-14-16-12-7-2-3-8-13(12)17(14)15/h2-3,7-9H,4-6H2,1H3. The number of rotatable bonds is 1. The zero-order valence-corrected chi connectivity index (χ0v) is 11.1. The predicted molar refractivity (Wildman–Crippen MR) is 76.5 cm³/mol. The number of aryl methyl sites for hydroxylation is 1. The third kappa shape index (κ3) is 1.28. The minimum atomic E-state index is 1.09. The quantitative estimate of drug-likeness (QED) is 0.616. The average Bonchev–Trinajstić information content (AvgIpc) is 2.99. The monoisotopic (exact) mass is 254 g/mol. The van der Waals surface area contributed by atoms with Gasteiger partial charge in [0.05, 0.1) is 16.1 Å². The van der Waals surface area contributed by atoms with E-state index in [2.05, 4.69) is 41.0 Å². The highest BCUT2D eigenvalue weighted by atomic mass is 32.2. The number of thioether (sulfide) groups is 1. The van der Waals surface area contributed by atoms with Crippen LogP contribution in [0.25, 0.3) is 16.7 Å². The molecule has 1 aromatic carbocycles. The van der Waals surface area contributed by atoms with Crippen molar-refractivity contribution in [2.45, 2.75) is 24.3 Å². The normalized spacial score (nSPS) is 14.5. The third-order valence-corrected chi connectivity index (χ3v) is 4.62. The Morgan fingerprint density at radius 2 is 2.11 bits per heavy atom. The highest BCUT2D eigenvalue weighted by molar-refractivity contribution is 7.98. The molecule has 2 aromatic heterocycles. The fourth-order valence-corrected chi connectivity index (χ4v) is 3.88. The van der Waals surface area contributed by atoms with Crippen molar-refractivity contribution < 1.29 is 0 Å². The van der Waals surface area contributed by atoms with Gasteiger partial charge in [0.2, 0.25) is 0 Å². The summed E-state index contributed by atoms with van der Waals surface area (Å²) in [5.74, 6) is 0. The summed E-state index contributed by atoms with van der Waals surface area (Å²) in [6.45, 7) is 0. The molecule has 90 valence electrons. The molecule has 0 atom stereocenters. The Morgan fingerprint density at radius 1 is 1.22 bits per heavy atom. The van der Waals surface area contributed by atoms with Crippen molar-refractivity contribution in [1.29, 1.82) is 0 Å². The molecule has 0 fully saturated rings. The van der Waals surface area contributed by atoms with Crippen LogP contribution in [0.5, 0.6) is 0 Å². The molecule has 1 aliphatic rings. The SMILES string of the molecule is CSc1c2c(cc3nc4ccccc4n13)CCC2. The van der Waals surface area contributed by atoms with Gasteiger partial charge in [0.25, 0.3) is 0 Å². The van der Waals surface area contributed by atoms with Crippen LogP contribution in [0, 0.1) is 0 Å². The fraction of sp³-hybridized carbons (Fsp3) is 0.267. The Hall–Kier alpha value is -1.48. The lowest BCUT2D eigenvalue weighted by atomic mass is 10.2. The van der Waals surface area contributed by atoms with Crippen LogP contribution in [0.3, 0.4) is 0 Å². The molecule has 18 heavy (non-hydrogen) atoms. The molecule has 3 heteroatoms. The van der Waals surface area contributed by atoms with Crippen LogP contribution in [0.4, 0.5) is 0 Å². The van der Waals surface area contributed by atoms with Gasteiger partial charge in [-0.25, -0.2) is 4.98 Å². The van der Waals surface area contributed by atoms with Crippen LogP contribution in [-0.2, 0) is 12.8 Å². The summed E-state index contributed by atoms with van der Waals surface area (Å²) in [7, 11) is 0. The van der Waals surface area contributed by atoms with Crippen LogP contribution in [-0.4, -0.2) is 15.6 Å². The molecule has 0 bridgehead atoms. The molecule has 0 amide bonds. The van der Waals surface area contributed by atoms with Gasteiger partial charge < -0.3 is 0 Å². The van der Waals surface area contributed by atoms with Crippen molar-refractivity contribution in [1.82, 2.24) is 9.38 Å². The number of aromatic nitrogens is 2. The smallest absolute Gasteiger partial charge is 0.139 e. The molecule has 0 radical (unpaired) electrons. The molecular formula is C15H14N2S. The van der Waals surface area contributed by atoms with Crippen LogP contribution in [0.1, 0.15) is 17.5 Å². The number of fused-ring (bicyclic) bond motifs is 4. The first-order valence-corrected chi connectivity index (χ1v) is 7.57. The Bertz CT molecular complexity index is 758. The van der Waals surface area contributed by atoms with E-state index >= 15 is 0 Å². The summed E-state index contributed by atoms with van der Waals surface area (Å²) in [4.78, 5) is 4.75. The number of hydrogen-bond acceptors (Lipinski definition) is 2. The minimum absolute atomic E-state index is 1.09. The highest BCUT2D eigenvalue weighted by Crippen LogP contribution is 2.34. The summed E-state index contributed by atoms with van der Waals surface area (Å²) in [5.41, 5.74) is 6.46. The Kier molecular flexibility index (Phi) is 2.18. The van der Waals surface area contributed by atoms with Crippen LogP contribution < -0.4 is 0 Å². The van der Waals surface area contributed by atoms with Gasteiger partial charge in [0.15, 0.2) is 0 Å². The number of pyridine rings is 1. The predicted octanol–water partition coefficient (Wildman–Crippen LogP) is 3.70. The maximum atomic E-state index is 4.75. The molecule has 0 spiro atoms. The van der Waals surface area contributed by atoms with Gasteiger partial charge in [-0.3, -0.25) is 4.40 Å². The Morgan fingerprint density at radius 3 is 3.00 bits per heavy atom. The van der Waals surface area contributed by atoms with Gasteiger partial charge in [0, 0.05) is 0 Å². The second kappa shape index (κ2) is 3.75. The van der Waals surface area contributed by atoms with Crippen LogP contribution in [0.2, 0.25) is 0 Å². The third-order valence-electron chi connectivity index (χ3n) is 3.81. The Balaban J connectivity index is 2.23. The fourth-order valence-electron chi connectivity index (χ4n) is 3.03. The molecule has 0 unspecified atom stereocenters. The number of benzene rings is 1. The molecule has 0 aliphatic heterocycles. The maximum Gasteiger partial charge on any atom is 0.139 e. The van der Waals surface area contributed by atoms with Crippen molar-refractivity contribution in [3.8, 4) is 0 Å². The van der Waals surface area contributed by atoms with Gasteiger partial charge in [-0.05, 0) is 54.8 Å². The summed E-state index contributed by atoms with van der Waals surface area (Å²) in [6.07, 6.45) is 5.88. The number of hydrogen-bond donors (Lipinski definition) is 0. The van der Waals surface area contributed by atoms with E-state index in [0.29, 0.717) is 0 Å². The van der Waals surface area contributed by atoms with Gasteiger partial charge in [0.1, 0.15) is 5.65 Å². The van der Waals surface area contributed by atoms with Gasteiger partial charge in [-0.1, -0.05) is 12.1 Å². The second-order valence-electron chi connectivity index (χ2n) is 4.81. The van der Waals surface area contributed by atoms with E-state index in [9.17, 15) is 0 Å². The lowest BCUT2D eigenvalue weighted by molar-refractivity contribution is 0.894. The van der Waals surface area contributed by atoms with Crippen molar-refractivity contribution in [2.75, 3.05) is 6.26 Å². The van der Waals surface area contributed by atoms with Crippen molar-refractivity contribution >= 4 is 28.4 Å². The lowest BCUT2D eigenvalue weighted by Gasteiger charge is -2.10. The van der Waals surface area contributed by atoms with E-state index in [1.54, 1.807) is 0 Å². The first kappa shape index (κ1) is 10.4.